The van der Waals surface area contributed by atoms with Gasteiger partial charge in [-0.2, -0.15) is 0 Å². The minimum atomic E-state index is -0.811. The summed E-state index contributed by atoms with van der Waals surface area (Å²) < 4.78 is 5.48. The predicted molar refractivity (Wildman–Crippen MR) is 157 cm³/mol. The fourth-order valence-corrected chi connectivity index (χ4v) is 5.19. The molecule has 0 aromatic heterocycles. The molecule has 1 aliphatic carbocycles. The first-order valence-electron chi connectivity index (χ1n) is 15.2. The SMILES string of the molecule is CCCCCCCCN(C(=O)C(NC(=O)OC(C)(C)C)C(C)C)C(C(=O)NC1CCCCC1)c1ccccc1. The quantitative estimate of drug-likeness (QED) is 0.249. The molecule has 2 atom stereocenters. The number of alkyl carbamates (subject to hydrolysis) is 1. The van der Waals surface area contributed by atoms with Gasteiger partial charge in [-0.05, 0) is 51.5 Å². The second-order valence-corrected chi connectivity index (χ2v) is 12.3. The number of amides is 3. The van der Waals surface area contributed by atoms with Gasteiger partial charge in [0.1, 0.15) is 17.7 Å². The maximum Gasteiger partial charge on any atom is 0.408 e. The molecule has 2 rings (SSSR count). The van der Waals surface area contributed by atoms with Crippen LogP contribution in [-0.2, 0) is 14.3 Å². The van der Waals surface area contributed by atoms with Crippen molar-refractivity contribution in [2.24, 2.45) is 5.92 Å². The van der Waals surface area contributed by atoms with Gasteiger partial charge in [0, 0.05) is 12.6 Å². The van der Waals surface area contributed by atoms with Crippen LogP contribution in [0.25, 0.3) is 0 Å². The first kappa shape index (κ1) is 32.6. The van der Waals surface area contributed by atoms with Gasteiger partial charge in [-0.15, -0.1) is 0 Å². The molecule has 1 aromatic rings. The smallest absolute Gasteiger partial charge is 0.408 e. The van der Waals surface area contributed by atoms with Gasteiger partial charge in [0.25, 0.3) is 0 Å². The zero-order valence-electron chi connectivity index (χ0n) is 25.3. The van der Waals surface area contributed by atoms with Gasteiger partial charge in [0.15, 0.2) is 0 Å². The lowest BCUT2D eigenvalue weighted by Gasteiger charge is -2.36. The van der Waals surface area contributed by atoms with E-state index in [0.29, 0.717) is 6.54 Å². The molecule has 39 heavy (non-hydrogen) atoms. The number of hydrogen-bond donors (Lipinski definition) is 2. The Morgan fingerprint density at radius 3 is 2.15 bits per heavy atom. The van der Waals surface area contributed by atoms with Crippen LogP contribution in [-0.4, -0.2) is 47.0 Å². The van der Waals surface area contributed by atoms with E-state index < -0.39 is 23.8 Å². The molecule has 220 valence electrons. The van der Waals surface area contributed by atoms with Crippen LogP contribution >= 0.6 is 0 Å². The number of nitrogens with zero attached hydrogens (tertiary/aromatic N) is 1. The third-order valence-electron chi connectivity index (χ3n) is 7.27. The zero-order valence-corrected chi connectivity index (χ0v) is 25.3. The summed E-state index contributed by atoms with van der Waals surface area (Å²) in [7, 11) is 0. The summed E-state index contributed by atoms with van der Waals surface area (Å²) in [6.45, 7) is 11.8. The molecule has 2 unspecified atom stereocenters. The molecule has 2 N–H and O–H groups in total. The third kappa shape index (κ3) is 11.6. The predicted octanol–water partition coefficient (Wildman–Crippen LogP) is 6.92. The maximum atomic E-state index is 14.2. The molecular formula is C32H53N3O4. The summed E-state index contributed by atoms with van der Waals surface area (Å²) in [6, 6.07) is 8.11. The molecule has 3 amide bonds. The highest BCUT2D eigenvalue weighted by Crippen LogP contribution is 2.26. The molecule has 0 radical (unpaired) electrons. The lowest BCUT2D eigenvalue weighted by atomic mass is 9.94. The Labute approximate surface area is 236 Å². The molecule has 0 bridgehead atoms. The van der Waals surface area contributed by atoms with Crippen molar-refractivity contribution in [3.05, 3.63) is 35.9 Å². The van der Waals surface area contributed by atoms with E-state index in [1.807, 2.05) is 44.2 Å². The summed E-state index contributed by atoms with van der Waals surface area (Å²) >= 11 is 0. The summed E-state index contributed by atoms with van der Waals surface area (Å²) in [6.07, 6.45) is 11.2. The van der Waals surface area contributed by atoms with E-state index in [1.165, 1.54) is 25.7 Å². The van der Waals surface area contributed by atoms with Crippen LogP contribution in [0.4, 0.5) is 4.79 Å². The lowest BCUT2D eigenvalue weighted by molar-refractivity contribution is -0.143. The number of carbonyl (C=O) groups is 3. The normalized spacial score (nSPS) is 15.9. The number of unbranched alkanes of at least 4 members (excludes halogenated alkanes) is 5. The fraction of sp³-hybridized carbons (Fsp3) is 0.719. The van der Waals surface area contributed by atoms with Crippen molar-refractivity contribution in [1.82, 2.24) is 15.5 Å². The van der Waals surface area contributed by atoms with E-state index in [1.54, 1.807) is 25.7 Å². The van der Waals surface area contributed by atoms with Crippen LogP contribution in [0.3, 0.4) is 0 Å². The van der Waals surface area contributed by atoms with Gasteiger partial charge in [-0.25, -0.2) is 4.79 Å². The summed E-state index contributed by atoms with van der Waals surface area (Å²) in [5, 5.41) is 6.08. The van der Waals surface area contributed by atoms with E-state index >= 15 is 0 Å². The zero-order chi connectivity index (χ0) is 28.8. The number of ether oxygens (including phenoxy) is 1. The lowest BCUT2D eigenvalue weighted by Crippen LogP contribution is -2.55. The Bertz CT molecular complexity index is 875. The molecule has 7 heteroatoms. The number of nitrogens with one attached hydrogen (secondary N) is 2. The summed E-state index contributed by atoms with van der Waals surface area (Å²) in [5.41, 5.74) is 0.101. The van der Waals surface area contributed by atoms with Crippen molar-refractivity contribution >= 4 is 17.9 Å². The maximum absolute atomic E-state index is 14.2. The molecule has 0 saturated heterocycles. The van der Waals surface area contributed by atoms with Gasteiger partial charge in [-0.3, -0.25) is 9.59 Å². The molecule has 1 saturated carbocycles. The minimum Gasteiger partial charge on any atom is -0.444 e. The van der Waals surface area contributed by atoms with Crippen molar-refractivity contribution in [1.29, 1.82) is 0 Å². The van der Waals surface area contributed by atoms with Gasteiger partial charge < -0.3 is 20.3 Å². The number of benzene rings is 1. The number of hydrogen-bond acceptors (Lipinski definition) is 4. The van der Waals surface area contributed by atoms with Crippen molar-refractivity contribution in [3.63, 3.8) is 0 Å². The van der Waals surface area contributed by atoms with E-state index in [-0.39, 0.29) is 23.8 Å². The molecule has 0 aliphatic heterocycles. The second-order valence-electron chi connectivity index (χ2n) is 12.3. The molecule has 1 fully saturated rings. The fourth-order valence-electron chi connectivity index (χ4n) is 5.19. The average Bonchev–Trinajstić information content (AvgIpc) is 2.88. The van der Waals surface area contributed by atoms with Gasteiger partial charge in [0.2, 0.25) is 11.8 Å². The van der Waals surface area contributed by atoms with Crippen LogP contribution < -0.4 is 10.6 Å². The third-order valence-corrected chi connectivity index (χ3v) is 7.27. The van der Waals surface area contributed by atoms with E-state index in [9.17, 15) is 14.4 Å². The van der Waals surface area contributed by atoms with Gasteiger partial charge >= 0.3 is 6.09 Å². The van der Waals surface area contributed by atoms with Crippen molar-refractivity contribution in [2.45, 2.75) is 136 Å². The van der Waals surface area contributed by atoms with Gasteiger partial charge in [-0.1, -0.05) is 102 Å². The van der Waals surface area contributed by atoms with Crippen LogP contribution in [0.15, 0.2) is 30.3 Å². The summed E-state index contributed by atoms with van der Waals surface area (Å²) in [4.78, 5) is 42.6. The number of rotatable bonds is 14. The van der Waals surface area contributed by atoms with Crippen LogP contribution in [0.5, 0.6) is 0 Å². The molecule has 0 spiro atoms. The monoisotopic (exact) mass is 543 g/mol. The topological polar surface area (TPSA) is 87.7 Å². The molecule has 1 aromatic carbocycles. The highest BCUT2D eigenvalue weighted by Gasteiger charge is 2.37. The Morgan fingerprint density at radius 1 is 0.949 bits per heavy atom. The number of carbonyl (C=O) groups excluding carboxylic acids is 3. The Balaban J connectivity index is 2.36. The van der Waals surface area contributed by atoms with Crippen molar-refractivity contribution in [2.75, 3.05) is 6.54 Å². The largest absolute Gasteiger partial charge is 0.444 e. The first-order chi connectivity index (χ1) is 18.5. The molecule has 1 aliphatic rings. The Hall–Kier alpha value is -2.57. The standard InChI is InChI=1S/C32H53N3O4/c1-7-8-9-10-11-18-23-35(30(37)27(24(2)3)34-31(38)39-32(4,5)6)28(25-19-14-12-15-20-25)29(36)33-26-21-16-13-17-22-26/h12,14-15,19-20,24,26-28H,7-11,13,16-18,21-23H2,1-6H3,(H,33,36)(H,34,38). The Morgan fingerprint density at radius 2 is 1.56 bits per heavy atom. The Kier molecular flexibility index (Phi) is 13.8. The highest BCUT2D eigenvalue weighted by atomic mass is 16.6. The van der Waals surface area contributed by atoms with Crippen molar-refractivity contribution in [3.8, 4) is 0 Å². The van der Waals surface area contributed by atoms with Crippen LogP contribution in [0.1, 0.15) is 124 Å². The highest BCUT2D eigenvalue weighted by molar-refractivity contribution is 5.92. The van der Waals surface area contributed by atoms with Gasteiger partial charge in [0.05, 0.1) is 0 Å². The van der Waals surface area contributed by atoms with E-state index in [0.717, 1.165) is 50.5 Å². The molecule has 0 heterocycles. The second kappa shape index (κ2) is 16.5. The van der Waals surface area contributed by atoms with Crippen LogP contribution in [0, 0.1) is 5.92 Å². The molecular weight excluding hydrogens is 490 g/mol. The first-order valence-corrected chi connectivity index (χ1v) is 15.2. The summed E-state index contributed by atoms with van der Waals surface area (Å²) in [5.74, 6) is -0.584. The van der Waals surface area contributed by atoms with E-state index in [4.69, 9.17) is 4.74 Å². The van der Waals surface area contributed by atoms with Crippen LogP contribution in [0.2, 0.25) is 0 Å². The van der Waals surface area contributed by atoms with E-state index in [2.05, 4.69) is 17.6 Å². The van der Waals surface area contributed by atoms with Crippen molar-refractivity contribution < 1.29 is 19.1 Å². The average molecular weight is 544 g/mol. The minimum absolute atomic E-state index is 0.129. The molecule has 7 nitrogen and oxygen atoms in total.